The normalized spacial score (nSPS) is 10.7. The number of pyridine rings is 1. The SMILES string of the molecule is COc1cc(-c2cc(C(=O)OCc3ccccc3F)c3ccccc3n2)cc(OC)c1OC. The third-order valence-electron chi connectivity index (χ3n) is 5.21. The summed E-state index contributed by atoms with van der Waals surface area (Å²) < 4.78 is 35.7. The molecule has 33 heavy (non-hydrogen) atoms. The highest BCUT2D eigenvalue weighted by atomic mass is 19.1. The van der Waals surface area contributed by atoms with Crippen LogP contribution in [0.5, 0.6) is 17.2 Å². The number of hydrogen-bond donors (Lipinski definition) is 0. The summed E-state index contributed by atoms with van der Waals surface area (Å²) in [6.07, 6.45) is 0. The van der Waals surface area contributed by atoms with Gasteiger partial charge in [0.1, 0.15) is 12.4 Å². The van der Waals surface area contributed by atoms with Crippen molar-refractivity contribution in [1.82, 2.24) is 4.98 Å². The van der Waals surface area contributed by atoms with Crippen molar-refractivity contribution in [1.29, 1.82) is 0 Å². The van der Waals surface area contributed by atoms with E-state index in [1.165, 1.54) is 27.4 Å². The molecule has 0 amide bonds. The van der Waals surface area contributed by atoms with Crippen molar-refractivity contribution in [2.24, 2.45) is 0 Å². The molecule has 0 saturated heterocycles. The van der Waals surface area contributed by atoms with Crippen LogP contribution in [0, 0.1) is 5.82 Å². The van der Waals surface area contributed by atoms with Crippen molar-refractivity contribution in [3.05, 3.63) is 83.7 Å². The second kappa shape index (κ2) is 9.56. The largest absolute Gasteiger partial charge is 0.493 e. The molecule has 0 aliphatic rings. The van der Waals surface area contributed by atoms with E-state index >= 15 is 0 Å². The summed E-state index contributed by atoms with van der Waals surface area (Å²) >= 11 is 0. The molecule has 0 radical (unpaired) electrons. The van der Waals surface area contributed by atoms with E-state index in [9.17, 15) is 9.18 Å². The lowest BCUT2D eigenvalue weighted by Crippen LogP contribution is -2.08. The van der Waals surface area contributed by atoms with Gasteiger partial charge in [0.2, 0.25) is 5.75 Å². The van der Waals surface area contributed by atoms with E-state index in [0.717, 1.165) is 0 Å². The zero-order chi connectivity index (χ0) is 23.4. The molecule has 4 rings (SSSR count). The fourth-order valence-corrected chi connectivity index (χ4v) is 3.56. The number of carbonyl (C=O) groups is 1. The molecule has 1 aromatic heterocycles. The lowest BCUT2D eigenvalue weighted by Gasteiger charge is -2.15. The number of benzene rings is 3. The van der Waals surface area contributed by atoms with Crippen molar-refractivity contribution in [3.8, 4) is 28.5 Å². The van der Waals surface area contributed by atoms with Crippen LogP contribution >= 0.6 is 0 Å². The van der Waals surface area contributed by atoms with Gasteiger partial charge in [0, 0.05) is 16.5 Å². The van der Waals surface area contributed by atoms with Gasteiger partial charge in [-0.3, -0.25) is 0 Å². The molecule has 0 saturated carbocycles. The number of esters is 1. The Morgan fingerprint density at radius 1 is 0.879 bits per heavy atom. The van der Waals surface area contributed by atoms with E-state index in [0.29, 0.717) is 50.5 Å². The molecule has 0 N–H and O–H groups in total. The number of hydrogen-bond acceptors (Lipinski definition) is 6. The molecule has 3 aromatic carbocycles. The van der Waals surface area contributed by atoms with Gasteiger partial charge >= 0.3 is 5.97 Å². The van der Waals surface area contributed by atoms with Crippen LogP contribution in [0.1, 0.15) is 15.9 Å². The molecule has 0 aliphatic heterocycles. The number of methoxy groups -OCH3 is 3. The molecule has 0 unspecified atom stereocenters. The van der Waals surface area contributed by atoms with E-state index in [2.05, 4.69) is 0 Å². The Balaban J connectivity index is 1.78. The van der Waals surface area contributed by atoms with E-state index in [4.69, 9.17) is 23.9 Å². The van der Waals surface area contributed by atoms with E-state index in [1.54, 1.807) is 42.5 Å². The van der Waals surface area contributed by atoms with Gasteiger partial charge in [-0.1, -0.05) is 36.4 Å². The Hall–Kier alpha value is -4.13. The summed E-state index contributed by atoms with van der Waals surface area (Å²) in [4.78, 5) is 17.7. The van der Waals surface area contributed by atoms with Gasteiger partial charge in [-0.15, -0.1) is 0 Å². The molecular formula is C26H22FNO5. The molecule has 4 aromatic rings. The first kappa shape index (κ1) is 22.1. The molecular weight excluding hydrogens is 425 g/mol. The Morgan fingerprint density at radius 2 is 1.55 bits per heavy atom. The highest BCUT2D eigenvalue weighted by Gasteiger charge is 2.19. The number of fused-ring (bicyclic) bond motifs is 1. The maximum Gasteiger partial charge on any atom is 0.339 e. The van der Waals surface area contributed by atoms with Gasteiger partial charge in [-0.2, -0.15) is 0 Å². The number of para-hydroxylation sites is 1. The van der Waals surface area contributed by atoms with Crippen LogP contribution in [0.4, 0.5) is 4.39 Å². The minimum Gasteiger partial charge on any atom is -0.493 e. The highest BCUT2D eigenvalue weighted by molar-refractivity contribution is 6.04. The van der Waals surface area contributed by atoms with Gasteiger partial charge in [0.05, 0.1) is 38.1 Å². The van der Waals surface area contributed by atoms with Crippen molar-refractivity contribution < 1.29 is 28.1 Å². The van der Waals surface area contributed by atoms with Gasteiger partial charge in [-0.25, -0.2) is 14.2 Å². The van der Waals surface area contributed by atoms with Crippen molar-refractivity contribution in [3.63, 3.8) is 0 Å². The zero-order valence-corrected chi connectivity index (χ0v) is 18.4. The lowest BCUT2D eigenvalue weighted by molar-refractivity contribution is 0.0471. The Labute approximate surface area is 190 Å². The number of halogens is 1. The summed E-state index contributed by atoms with van der Waals surface area (Å²) in [6, 6.07) is 18.6. The number of rotatable bonds is 7. The third-order valence-corrected chi connectivity index (χ3v) is 5.21. The standard InChI is InChI=1S/C26H22FNO5/c1-30-23-12-17(13-24(31-2)25(23)32-3)22-14-19(18-9-5-7-11-21(18)28-22)26(29)33-15-16-8-4-6-10-20(16)27/h4-14H,15H2,1-3H3. The molecule has 168 valence electrons. The van der Waals surface area contributed by atoms with Gasteiger partial charge in [0.15, 0.2) is 11.5 Å². The second-order valence-corrected chi connectivity index (χ2v) is 7.15. The van der Waals surface area contributed by atoms with Crippen LogP contribution in [-0.4, -0.2) is 32.3 Å². The number of aromatic nitrogens is 1. The molecule has 0 spiro atoms. The lowest BCUT2D eigenvalue weighted by atomic mass is 10.0. The van der Waals surface area contributed by atoms with Crippen molar-refractivity contribution in [2.75, 3.05) is 21.3 Å². The van der Waals surface area contributed by atoms with Crippen LogP contribution in [0.25, 0.3) is 22.2 Å². The van der Waals surface area contributed by atoms with E-state index < -0.39 is 11.8 Å². The van der Waals surface area contributed by atoms with Crippen molar-refractivity contribution >= 4 is 16.9 Å². The van der Waals surface area contributed by atoms with E-state index in [1.807, 2.05) is 18.2 Å². The minimum absolute atomic E-state index is 0.179. The predicted octanol–water partition coefficient (Wildman–Crippen LogP) is 5.42. The molecule has 7 heteroatoms. The Morgan fingerprint density at radius 3 is 2.21 bits per heavy atom. The summed E-state index contributed by atoms with van der Waals surface area (Å²) in [5, 5.41) is 0.632. The van der Waals surface area contributed by atoms with Crippen LogP contribution in [0.15, 0.2) is 66.7 Å². The number of ether oxygens (including phenoxy) is 4. The summed E-state index contributed by atoms with van der Waals surface area (Å²) in [6.45, 7) is -0.179. The molecule has 0 bridgehead atoms. The van der Waals surface area contributed by atoms with Crippen LogP contribution < -0.4 is 14.2 Å². The monoisotopic (exact) mass is 447 g/mol. The maximum atomic E-state index is 14.0. The van der Waals surface area contributed by atoms with Crippen LogP contribution in [0.2, 0.25) is 0 Å². The second-order valence-electron chi connectivity index (χ2n) is 7.15. The molecule has 0 aliphatic carbocycles. The Bertz CT molecular complexity index is 1300. The first-order valence-electron chi connectivity index (χ1n) is 10.2. The van der Waals surface area contributed by atoms with E-state index in [-0.39, 0.29) is 6.61 Å². The zero-order valence-electron chi connectivity index (χ0n) is 18.4. The van der Waals surface area contributed by atoms with Gasteiger partial charge < -0.3 is 18.9 Å². The molecule has 0 atom stereocenters. The van der Waals surface area contributed by atoms with Crippen LogP contribution in [-0.2, 0) is 11.3 Å². The smallest absolute Gasteiger partial charge is 0.339 e. The summed E-state index contributed by atoms with van der Waals surface area (Å²) in [7, 11) is 4.58. The topological polar surface area (TPSA) is 66.9 Å². The van der Waals surface area contributed by atoms with Crippen LogP contribution in [0.3, 0.4) is 0 Å². The van der Waals surface area contributed by atoms with Gasteiger partial charge in [-0.05, 0) is 30.3 Å². The average molecular weight is 447 g/mol. The predicted molar refractivity (Wildman–Crippen MR) is 122 cm³/mol. The molecule has 0 fully saturated rings. The quantitative estimate of drug-likeness (QED) is 0.352. The Kier molecular flexibility index (Phi) is 6.40. The third kappa shape index (κ3) is 4.43. The fourth-order valence-electron chi connectivity index (χ4n) is 3.56. The summed E-state index contributed by atoms with van der Waals surface area (Å²) in [5.41, 5.74) is 2.42. The molecule has 1 heterocycles. The average Bonchev–Trinajstić information content (AvgIpc) is 2.86. The van der Waals surface area contributed by atoms with Gasteiger partial charge in [0.25, 0.3) is 0 Å². The first-order valence-corrected chi connectivity index (χ1v) is 10.2. The first-order chi connectivity index (χ1) is 16.0. The maximum absolute atomic E-state index is 14.0. The number of nitrogens with zero attached hydrogens (tertiary/aromatic N) is 1. The number of carbonyl (C=O) groups excluding carboxylic acids is 1. The molecule has 6 nitrogen and oxygen atoms in total. The minimum atomic E-state index is -0.578. The highest BCUT2D eigenvalue weighted by Crippen LogP contribution is 2.41. The summed E-state index contributed by atoms with van der Waals surface area (Å²) in [5.74, 6) is 0.374. The van der Waals surface area contributed by atoms with Crippen molar-refractivity contribution in [2.45, 2.75) is 6.61 Å². The fraction of sp³-hybridized carbons (Fsp3) is 0.154.